The van der Waals surface area contributed by atoms with Crippen LogP contribution in [0.2, 0.25) is 0 Å². The van der Waals surface area contributed by atoms with Crippen molar-refractivity contribution in [1.29, 1.82) is 0 Å². The minimum Gasteiger partial charge on any atom is -0.364 e. The van der Waals surface area contributed by atoms with E-state index in [4.69, 9.17) is 5.73 Å². The van der Waals surface area contributed by atoms with Crippen LogP contribution in [0.15, 0.2) is 12.1 Å². The van der Waals surface area contributed by atoms with Gasteiger partial charge in [0.05, 0.1) is 0 Å². The number of unbranched alkanes of at least 4 members (excludes halogenated alkanes) is 3. The molecule has 2 rings (SSSR count). The molecule has 0 bridgehead atoms. The first kappa shape index (κ1) is 18.3. The van der Waals surface area contributed by atoms with Crippen LogP contribution in [0.4, 0.5) is 5.82 Å². The molecule has 1 saturated heterocycles. The average Bonchev–Trinajstić information content (AvgIpc) is 2.61. The van der Waals surface area contributed by atoms with Crippen molar-refractivity contribution < 1.29 is 9.59 Å². The van der Waals surface area contributed by atoms with Crippen LogP contribution in [0, 0.1) is 0 Å². The number of nitrogens with zero attached hydrogens (tertiary/aromatic N) is 4. The molecule has 2 N–H and O–H groups in total. The molecule has 7 nitrogen and oxygen atoms in total. The third-order valence-electron chi connectivity index (χ3n) is 4.65. The topological polar surface area (TPSA) is 92.4 Å². The molecule has 0 unspecified atom stereocenters. The number of aldehydes is 1. The van der Waals surface area contributed by atoms with Crippen molar-refractivity contribution in [3.63, 3.8) is 0 Å². The summed E-state index contributed by atoms with van der Waals surface area (Å²) in [6.45, 7) is 2.95. The average molecular weight is 333 g/mol. The van der Waals surface area contributed by atoms with Gasteiger partial charge in [0.1, 0.15) is 6.29 Å². The molecule has 0 spiro atoms. The summed E-state index contributed by atoms with van der Waals surface area (Å²) in [6.07, 6.45) is 7.11. The van der Waals surface area contributed by atoms with E-state index in [0.717, 1.165) is 63.8 Å². The van der Waals surface area contributed by atoms with Gasteiger partial charge in [-0.05, 0) is 51.4 Å². The van der Waals surface area contributed by atoms with Crippen LogP contribution in [-0.2, 0) is 4.79 Å². The lowest BCUT2D eigenvalue weighted by atomic mass is 10.0. The van der Waals surface area contributed by atoms with Crippen molar-refractivity contribution in [3.05, 3.63) is 17.8 Å². The SMILES string of the molecule is CN(CCCCCC=O)C1CCN(c2ccc(C(N)=O)nn2)CC1. The number of rotatable bonds is 9. The van der Waals surface area contributed by atoms with E-state index in [9.17, 15) is 9.59 Å². The van der Waals surface area contributed by atoms with E-state index in [1.165, 1.54) is 0 Å². The van der Waals surface area contributed by atoms with Crippen LogP contribution >= 0.6 is 0 Å². The van der Waals surface area contributed by atoms with Gasteiger partial charge in [0.2, 0.25) is 0 Å². The molecular formula is C17H27N5O2. The van der Waals surface area contributed by atoms with Gasteiger partial charge in [-0.2, -0.15) is 0 Å². The van der Waals surface area contributed by atoms with Crippen LogP contribution in [0.25, 0.3) is 0 Å². The van der Waals surface area contributed by atoms with Crippen LogP contribution < -0.4 is 10.6 Å². The highest BCUT2D eigenvalue weighted by atomic mass is 16.1. The summed E-state index contributed by atoms with van der Waals surface area (Å²) >= 11 is 0. The molecule has 1 aromatic heterocycles. The number of aromatic nitrogens is 2. The number of primary amides is 1. The van der Waals surface area contributed by atoms with Crippen molar-refractivity contribution in [3.8, 4) is 0 Å². The number of carbonyl (C=O) groups excluding carboxylic acids is 2. The third-order valence-corrected chi connectivity index (χ3v) is 4.65. The normalized spacial score (nSPS) is 15.7. The summed E-state index contributed by atoms with van der Waals surface area (Å²) in [5.41, 5.74) is 5.38. The zero-order valence-electron chi connectivity index (χ0n) is 14.4. The van der Waals surface area contributed by atoms with E-state index < -0.39 is 5.91 Å². The van der Waals surface area contributed by atoms with Crippen LogP contribution in [0.5, 0.6) is 0 Å². The van der Waals surface area contributed by atoms with E-state index in [-0.39, 0.29) is 5.69 Å². The van der Waals surface area contributed by atoms with Crippen LogP contribution in [0.3, 0.4) is 0 Å². The van der Waals surface area contributed by atoms with Crippen molar-refractivity contribution >= 4 is 18.0 Å². The van der Waals surface area contributed by atoms with Crippen molar-refractivity contribution in [2.24, 2.45) is 5.73 Å². The molecule has 1 fully saturated rings. The molecule has 1 aromatic rings. The molecule has 0 radical (unpaired) electrons. The fraction of sp³-hybridized carbons (Fsp3) is 0.647. The predicted octanol–water partition coefficient (Wildman–Crippen LogP) is 1.24. The fourth-order valence-corrected chi connectivity index (χ4v) is 3.11. The van der Waals surface area contributed by atoms with E-state index in [1.54, 1.807) is 6.07 Å². The Morgan fingerprint density at radius 3 is 2.62 bits per heavy atom. The minimum absolute atomic E-state index is 0.197. The number of hydrogen-bond acceptors (Lipinski definition) is 6. The molecule has 24 heavy (non-hydrogen) atoms. The first-order chi connectivity index (χ1) is 11.6. The lowest BCUT2D eigenvalue weighted by molar-refractivity contribution is -0.107. The Morgan fingerprint density at radius 2 is 2.04 bits per heavy atom. The smallest absolute Gasteiger partial charge is 0.269 e. The van der Waals surface area contributed by atoms with E-state index in [2.05, 4.69) is 27.0 Å². The molecular weight excluding hydrogens is 306 g/mol. The minimum atomic E-state index is -0.553. The zero-order chi connectivity index (χ0) is 17.4. The monoisotopic (exact) mass is 333 g/mol. The standard InChI is InChI=1S/C17H27N5O2/c1-21(10-4-2-3-5-13-23)14-8-11-22(12-9-14)16-7-6-15(17(18)24)19-20-16/h6-7,13-14H,2-5,8-12H2,1H3,(H2,18,24). The van der Waals surface area contributed by atoms with E-state index in [0.29, 0.717) is 12.5 Å². The van der Waals surface area contributed by atoms with Gasteiger partial charge in [-0.15, -0.1) is 10.2 Å². The van der Waals surface area contributed by atoms with E-state index in [1.807, 2.05) is 6.07 Å². The lowest BCUT2D eigenvalue weighted by Crippen LogP contribution is -2.44. The molecule has 1 aliphatic rings. The molecule has 2 heterocycles. The van der Waals surface area contributed by atoms with Crippen molar-refractivity contribution in [2.45, 2.75) is 44.6 Å². The number of amides is 1. The second-order valence-electron chi connectivity index (χ2n) is 6.36. The Bertz CT molecular complexity index is 526. The first-order valence-corrected chi connectivity index (χ1v) is 8.64. The Labute approximate surface area is 143 Å². The predicted molar refractivity (Wildman–Crippen MR) is 92.9 cm³/mol. The highest BCUT2D eigenvalue weighted by Gasteiger charge is 2.23. The lowest BCUT2D eigenvalue weighted by Gasteiger charge is -2.37. The summed E-state index contributed by atoms with van der Waals surface area (Å²) in [5.74, 6) is 0.248. The highest BCUT2D eigenvalue weighted by molar-refractivity contribution is 5.90. The molecule has 1 amide bonds. The number of anilines is 1. The number of carbonyl (C=O) groups is 2. The molecule has 7 heteroatoms. The molecule has 1 aliphatic heterocycles. The zero-order valence-corrected chi connectivity index (χ0v) is 14.4. The second kappa shape index (κ2) is 9.32. The summed E-state index contributed by atoms with van der Waals surface area (Å²) in [5, 5.41) is 7.98. The van der Waals surface area contributed by atoms with Gasteiger partial charge in [-0.3, -0.25) is 4.79 Å². The quantitative estimate of drug-likeness (QED) is 0.540. The molecule has 0 atom stereocenters. The summed E-state index contributed by atoms with van der Waals surface area (Å²) in [7, 11) is 2.18. The third kappa shape index (κ3) is 5.26. The van der Waals surface area contributed by atoms with Gasteiger partial charge in [0.25, 0.3) is 5.91 Å². The number of nitrogens with two attached hydrogens (primary N) is 1. The Balaban J connectivity index is 1.74. The maximum atomic E-state index is 11.0. The van der Waals surface area contributed by atoms with Gasteiger partial charge in [0, 0.05) is 25.6 Å². The molecule has 0 aromatic carbocycles. The van der Waals surface area contributed by atoms with Crippen LogP contribution in [-0.4, -0.2) is 60.0 Å². The van der Waals surface area contributed by atoms with Crippen molar-refractivity contribution in [2.75, 3.05) is 31.6 Å². The Morgan fingerprint density at radius 1 is 1.29 bits per heavy atom. The maximum Gasteiger partial charge on any atom is 0.269 e. The molecule has 0 aliphatic carbocycles. The highest BCUT2D eigenvalue weighted by Crippen LogP contribution is 2.20. The first-order valence-electron chi connectivity index (χ1n) is 8.64. The summed E-state index contributed by atoms with van der Waals surface area (Å²) in [6, 6.07) is 4.03. The Hall–Kier alpha value is -2.02. The maximum absolute atomic E-state index is 11.0. The van der Waals surface area contributed by atoms with Gasteiger partial charge in [-0.25, -0.2) is 0 Å². The van der Waals surface area contributed by atoms with E-state index >= 15 is 0 Å². The van der Waals surface area contributed by atoms with Gasteiger partial charge in [0.15, 0.2) is 11.5 Å². The molecule has 132 valence electrons. The fourth-order valence-electron chi connectivity index (χ4n) is 3.11. The number of hydrogen-bond donors (Lipinski definition) is 1. The van der Waals surface area contributed by atoms with Gasteiger partial charge >= 0.3 is 0 Å². The number of piperidine rings is 1. The van der Waals surface area contributed by atoms with Crippen LogP contribution in [0.1, 0.15) is 49.0 Å². The molecule has 0 saturated carbocycles. The van der Waals surface area contributed by atoms with Gasteiger partial charge < -0.3 is 20.3 Å². The summed E-state index contributed by atoms with van der Waals surface area (Å²) in [4.78, 5) is 26.0. The van der Waals surface area contributed by atoms with Gasteiger partial charge in [-0.1, -0.05) is 6.42 Å². The summed E-state index contributed by atoms with van der Waals surface area (Å²) < 4.78 is 0. The second-order valence-corrected chi connectivity index (χ2v) is 6.36. The Kier molecular flexibility index (Phi) is 7.11. The van der Waals surface area contributed by atoms with Crippen molar-refractivity contribution in [1.82, 2.24) is 15.1 Å². The largest absolute Gasteiger partial charge is 0.364 e.